The fourth-order valence-corrected chi connectivity index (χ4v) is 2.79. The van der Waals surface area contributed by atoms with E-state index < -0.39 is 23.4 Å². The predicted octanol–water partition coefficient (Wildman–Crippen LogP) is 2.58. The van der Waals surface area contributed by atoms with Crippen LogP contribution in [0.1, 0.15) is 33.2 Å². The minimum atomic E-state index is -1.37. The van der Waals surface area contributed by atoms with Crippen molar-refractivity contribution in [2.75, 3.05) is 12.4 Å². The number of ether oxygens (including phenoxy) is 2. The van der Waals surface area contributed by atoms with Crippen LogP contribution in [-0.2, 0) is 20.7 Å². The second kappa shape index (κ2) is 6.39. The zero-order chi connectivity index (χ0) is 18.0. The van der Waals surface area contributed by atoms with E-state index >= 15 is 0 Å². The predicted molar refractivity (Wildman–Crippen MR) is 90.4 cm³/mol. The number of anilines is 1. The molecular weight excluding hydrogens is 322 g/mol. The molecule has 1 aliphatic rings. The molecule has 1 aliphatic heterocycles. The van der Waals surface area contributed by atoms with E-state index in [-0.39, 0.29) is 12.0 Å². The summed E-state index contributed by atoms with van der Waals surface area (Å²) in [6, 6.07) is 13.5. The number of esters is 2. The Hall–Kier alpha value is -3.15. The molecule has 1 N–H and O–H groups in total. The van der Waals surface area contributed by atoms with Crippen LogP contribution in [0, 0.1) is 0 Å². The number of fused-ring (bicyclic) bond motifs is 1. The number of para-hydroxylation sites is 1. The first-order valence-electron chi connectivity index (χ1n) is 7.74. The van der Waals surface area contributed by atoms with Crippen molar-refractivity contribution >= 4 is 23.5 Å². The third-order valence-corrected chi connectivity index (χ3v) is 4.14. The van der Waals surface area contributed by atoms with Gasteiger partial charge in [0.15, 0.2) is 5.60 Å². The number of cyclic esters (lactones) is 1. The summed E-state index contributed by atoms with van der Waals surface area (Å²) >= 11 is 0. The Morgan fingerprint density at radius 2 is 1.80 bits per heavy atom. The lowest BCUT2D eigenvalue weighted by atomic mass is 9.89. The summed E-state index contributed by atoms with van der Waals surface area (Å²) in [6.07, 6.45) is 0.251. The number of hydrogen-bond donors (Lipinski definition) is 1. The maximum Gasteiger partial charge on any atom is 0.339 e. The van der Waals surface area contributed by atoms with Crippen LogP contribution in [0.2, 0.25) is 0 Å². The number of benzene rings is 2. The molecule has 6 heteroatoms. The number of carbonyl (C=O) groups is 3. The van der Waals surface area contributed by atoms with Crippen molar-refractivity contribution in [1.29, 1.82) is 0 Å². The van der Waals surface area contributed by atoms with Gasteiger partial charge in [0.25, 0.3) is 5.91 Å². The summed E-state index contributed by atoms with van der Waals surface area (Å²) in [4.78, 5) is 36.8. The summed E-state index contributed by atoms with van der Waals surface area (Å²) < 4.78 is 10.1. The Labute approximate surface area is 144 Å². The summed E-state index contributed by atoms with van der Waals surface area (Å²) in [5, 5.41) is 2.67. The van der Waals surface area contributed by atoms with Gasteiger partial charge in [0.05, 0.1) is 23.9 Å². The van der Waals surface area contributed by atoms with Crippen LogP contribution < -0.4 is 5.32 Å². The molecule has 1 atom stereocenters. The largest absolute Gasteiger partial charge is 0.465 e. The molecule has 3 rings (SSSR count). The maximum atomic E-state index is 12.8. The molecule has 0 saturated carbocycles. The molecule has 25 heavy (non-hydrogen) atoms. The van der Waals surface area contributed by atoms with E-state index in [1.165, 1.54) is 7.11 Å². The minimum absolute atomic E-state index is 0.226. The SMILES string of the molecule is COC(=O)c1ccccc1NC(=O)[C@]1(C)Cc2ccccc2C(=O)O1. The molecule has 1 amide bonds. The highest BCUT2D eigenvalue weighted by Gasteiger charge is 2.42. The molecule has 0 radical (unpaired) electrons. The van der Waals surface area contributed by atoms with Gasteiger partial charge in [-0.1, -0.05) is 30.3 Å². The van der Waals surface area contributed by atoms with Crippen molar-refractivity contribution in [2.24, 2.45) is 0 Å². The van der Waals surface area contributed by atoms with Crippen LogP contribution in [0.3, 0.4) is 0 Å². The average Bonchev–Trinajstić information content (AvgIpc) is 2.61. The number of rotatable bonds is 3. The van der Waals surface area contributed by atoms with Gasteiger partial charge in [-0.3, -0.25) is 4.79 Å². The molecular formula is C19H17NO5. The Morgan fingerprint density at radius 3 is 2.56 bits per heavy atom. The zero-order valence-electron chi connectivity index (χ0n) is 13.9. The van der Waals surface area contributed by atoms with E-state index in [0.29, 0.717) is 11.3 Å². The van der Waals surface area contributed by atoms with Gasteiger partial charge < -0.3 is 14.8 Å². The summed E-state index contributed by atoms with van der Waals surface area (Å²) in [5.74, 6) is -1.61. The van der Waals surface area contributed by atoms with Crippen LogP contribution in [0.15, 0.2) is 48.5 Å². The molecule has 128 valence electrons. The molecule has 6 nitrogen and oxygen atoms in total. The van der Waals surface area contributed by atoms with Crippen LogP contribution in [0.25, 0.3) is 0 Å². The molecule has 1 heterocycles. The van der Waals surface area contributed by atoms with Gasteiger partial charge in [-0.15, -0.1) is 0 Å². The summed E-state index contributed by atoms with van der Waals surface area (Å²) in [5.41, 5.74) is 0.370. The quantitative estimate of drug-likeness (QED) is 0.869. The highest BCUT2D eigenvalue weighted by Crippen LogP contribution is 2.29. The lowest BCUT2D eigenvalue weighted by molar-refractivity contribution is -0.134. The molecule has 0 fully saturated rings. The van der Waals surface area contributed by atoms with E-state index in [4.69, 9.17) is 9.47 Å². The first-order chi connectivity index (χ1) is 11.9. The van der Waals surface area contributed by atoms with Crippen molar-refractivity contribution in [2.45, 2.75) is 18.9 Å². The average molecular weight is 339 g/mol. The van der Waals surface area contributed by atoms with Gasteiger partial charge in [-0.05, 0) is 30.7 Å². The number of nitrogens with one attached hydrogen (secondary N) is 1. The second-order valence-electron chi connectivity index (χ2n) is 5.95. The fourth-order valence-electron chi connectivity index (χ4n) is 2.79. The summed E-state index contributed by atoms with van der Waals surface area (Å²) in [6.45, 7) is 1.55. The van der Waals surface area contributed by atoms with Crippen molar-refractivity contribution in [1.82, 2.24) is 0 Å². The third-order valence-electron chi connectivity index (χ3n) is 4.14. The standard InChI is InChI=1S/C19H17NO5/c1-19(11-12-7-3-4-8-13(12)17(22)25-19)18(23)20-15-10-6-5-9-14(15)16(21)24-2/h3-10H,11H2,1-2H3,(H,20,23)/t19-/m0/s1. The monoisotopic (exact) mass is 339 g/mol. The fraction of sp³-hybridized carbons (Fsp3) is 0.211. The van der Waals surface area contributed by atoms with Gasteiger partial charge in [-0.25, -0.2) is 9.59 Å². The number of methoxy groups -OCH3 is 1. The molecule has 0 spiro atoms. The lowest BCUT2D eigenvalue weighted by Gasteiger charge is -2.33. The smallest absolute Gasteiger partial charge is 0.339 e. The zero-order valence-corrected chi connectivity index (χ0v) is 13.9. The summed E-state index contributed by atoms with van der Waals surface area (Å²) in [7, 11) is 1.27. The first-order valence-corrected chi connectivity index (χ1v) is 7.74. The van der Waals surface area contributed by atoms with Gasteiger partial charge in [-0.2, -0.15) is 0 Å². The topological polar surface area (TPSA) is 81.7 Å². The minimum Gasteiger partial charge on any atom is -0.465 e. The van der Waals surface area contributed by atoms with E-state index in [1.54, 1.807) is 49.4 Å². The van der Waals surface area contributed by atoms with E-state index in [2.05, 4.69) is 5.32 Å². The molecule has 2 aromatic carbocycles. The van der Waals surface area contributed by atoms with Crippen LogP contribution in [0.5, 0.6) is 0 Å². The van der Waals surface area contributed by atoms with E-state index in [1.807, 2.05) is 6.07 Å². The first kappa shape index (κ1) is 16.7. The Morgan fingerprint density at radius 1 is 1.12 bits per heavy atom. The second-order valence-corrected chi connectivity index (χ2v) is 5.95. The van der Waals surface area contributed by atoms with Crippen LogP contribution in [0.4, 0.5) is 5.69 Å². The molecule has 0 aromatic heterocycles. The molecule has 0 aliphatic carbocycles. The number of hydrogen-bond acceptors (Lipinski definition) is 5. The maximum absolute atomic E-state index is 12.8. The third kappa shape index (κ3) is 3.10. The van der Waals surface area contributed by atoms with Gasteiger partial charge >= 0.3 is 11.9 Å². The van der Waals surface area contributed by atoms with E-state index in [0.717, 1.165) is 5.56 Å². The van der Waals surface area contributed by atoms with Crippen LogP contribution in [-0.4, -0.2) is 30.6 Å². The number of amides is 1. The van der Waals surface area contributed by atoms with Crippen molar-refractivity contribution in [3.05, 3.63) is 65.2 Å². The molecule has 2 aromatic rings. The van der Waals surface area contributed by atoms with Crippen molar-refractivity contribution < 1.29 is 23.9 Å². The normalized spacial score (nSPS) is 18.7. The molecule has 0 bridgehead atoms. The Balaban J connectivity index is 1.88. The molecule has 0 unspecified atom stereocenters. The Kier molecular flexibility index (Phi) is 4.27. The van der Waals surface area contributed by atoms with E-state index in [9.17, 15) is 14.4 Å². The van der Waals surface area contributed by atoms with Crippen molar-refractivity contribution in [3.63, 3.8) is 0 Å². The molecule has 0 saturated heterocycles. The number of carbonyl (C=O) groups excluding carboxylic acids is 3. The highest BCUT2D eigenvalue weighted by atomic mass is 16.6. The van der Waals surface area contributed by atoms with Crippen LogP contribution >= 0.6 is 0 Å². The van der Waals surface area contributed by atoms with Gasteiger partial charge in [0, 0.05) is 6.42 Å². The highest BCUT2D eigenvalue weighted by molar-refractivity contribution is 6.06. The van der Waals surface area contributed by atoms with Gasteiger partial charge in [0.1, 0.15) is 0 Å². The lowest BCUT2D eigenvalue weighted by Crippen LogP contribution is -2.49. The van der Waals surface area contributed by atoms with Crippen molar-refractivity contribution in [3.8, 4) is 0 Å². The Bertz CT molecular complexity index is 860. The van der Waals surface area contributed by atoms with Gasteiger partial charge in [0.2, 0.25) is 0 Å².